The number of nitrogens with one attached hydrogen (secondary N) is 1. The number of hydrogen-bond donors (Lipinski definition) is 1. The van der Waals surface area contributed by atoms with Crippen LogP contribution in [0.5, 0.6) is 0 Å². The molecule has 1 unspecified atom stereocenters. The first-order chi connectivity index (χ1) is 6.52. The van der Waals surface area contributed by atoms with E-state index in [1.807, 2.05) is 6.92 Å². The number of amides is 1. The highest BCUT2D eigenvalue weighted by Gasteiger charge is 2.02. The average molecular weight is 204 g/mol. The summed E-state index contributed by atoms with van der Waals surface area (Å²) in [4.78, 5) is 24.5. The number of rotatable bonds is 7. The quantitative estimate of drug-likeness (QED) is 0.379. The lowest BCUT2D eigenvalue weighted by Gasteiger charge is -2.11. The molecule has 0 aliphatic heterocycles. The van der Waals surface area contributed by atoms with Gasteiger partial charge in [-0.2, -0.15) is 0 Å². The zero-order chi connectivity index (χ0) is 11.0. The van der Waals surface area contributed by atoms with Crippen molar-refractivity contribution in [1.29, 1.82) is 0 Å². The van der Waals surface area contributed by atoms with Gasteiger partial charge >= 0.3 is 0 Å². The van der Waals surface area contributed by atoms with Crippen LogP contribution >= 0.6 is 0 Å². The van der Waals surface area contributed by atoms with Crippen molar-refractivity contribution < 1.29 is 14.7 Å². The van der Waals surface area contributed by atoms with Gasteiger partial charge in [0.05, 0.1) is 6.61 Å². The van der Waals surface area contributed by atoms with Crippen molar-refractivity contribution in [3.63, 3.8) is 0 Å². The van der Waals surface area contributed by atoms with Gasteiger partial charge in [0.15, 0.2) is 0 Å². The Labute approximate surface area is 82.7 Å². The molecule has 0 rings (SSSR count). The standard InChI is InChI=1S/C8H16N2O4/c1-7(9-8(2)11)5-3-4-6-14-10(12)13/h7H,3-6H2,1-2H3,(H,9,11). The molecule has 0 aromatic rings. The summed E-state index contributed by atoms with van der Waals surface area (Å²) in [6, 6.07) is 0.114. The van der Waals surface area contributed by atoms with Gasteiger partial charge in [0.2, 0.25) is 5.91 Å². The third kappa shape index (κ3) is 8.76. The second-order valence-electron chi connectivity index (χ2n) is 3.15. The van der Waals surface area contributed by atoms with Crippen LogP contribution in [0.15, 0.2) is 0 Å². The summed E-state index contributed by atoms with van der Waals surface area (Å²) in [5.74, 6) is -0.0564. The summed E-state index contributed by atoms with van der Waals surface area (Å²) >= 11 is 0. The summed E-state index contributed by atoms with van der Waals surface area (Å²) in [6.45, 7) is 3.49. The second-order valence-corrected chi connectivity index (χ2v) is 3.15. The molecule has 1 amide bonds. The Morgan fingerprint density at radius 2 is 2.21 bits per heavy atom. The molecule has 6 nitrogen and oxygen atoms in total. The van der Waals surface area contributed by atoms with Gasteiger partial charge < -0.3 is 10.2 Å². The fraction of sp³-hybridized carbons (Fsp3) is 0.875. The van der Waals surface area contributed by atoms with Gasteiger partial charge in [0.25, 0.3) is 5.09 Å². The van der Waals surface area contributed by atoms with Crippen LogP contribution in [-0.2, 0) is 9.63 Å². The zero-order valence-corrected chi connectivity index (χ0v) is 8.49. The third-order valence-electron chi connectivity index (χ3n) is 1.68. The Morgan fingerprint density at radius 3 is 2.71 bits per heavy atom. The minimum atomic E-state index is -0.794. The van der Waals surface area contributed by atoms with Crippen molar-refractivity contribution in [2.24, 2.45) is 0 Å². The largest absolute Gasteiger partial charge is 0.354 e. The van der Waals surface area contributed by atoms with Crippen LogP contribution in [0, 0.1) is 10.1 Å². The molecule has 1 N–H and O–H groups in total. The third-order valence-corrected chi connectivity index (χ3v) is 1.68. The average Bonchev–Trinajstić information content (AvgIpc) is 2.01. The number of carbonyl (C=O) groups is 1. The summed E-state index contributed by atoms with van der Waals surface area (Å²) < 4.78 is 0. The van der Waals surface area contributed by atoms with E-state index in [0.717, 1.165) is 12.8 Å². The molecule has 0 spiro atoms. The summed E-state index contributed by atoms with van der Waals surface area (Å²) in [7, 11) is 0. The van der Waals surface area contributed by atoms with Crippen molar-refractivity contribution in [3.05, 3.63) is 10.1 Å². The Bertz CT molecular complexity index is 196. The van der Waals surface area contributed by atoms with Gasteiger partial charge in [-0.1, -0.05) is 0 Å². The Hall–Kier alpha value is -1.33. The molecule has 0 fully saturated rings. The number of nitrogens with zero attached hydrogens (tertiary/aromatic N) is 1. The van der Waals surface area contributed by atoms with E-state index in [1.165, 1.54) is 6.92 Å². The highest BCUT2D eigenvalue weighted by Crippen LogP contribution is 2.00. The van der Waals surface area contributed by atoms with E-state index in [-0.39, 0.29) is 18.6 Å². The molecule has 0 aliphatic rings. The lowest BCUT2D eigenvalue weighted by atomic mass is 10.1. The Morgan fingerprint density at radius 1 is 1.57 bits per heavy atom. The van der Waals surface area contributed by atoms with Crippen LogP contribution in [0.2, 0.25) is 0 Å². The molecule has 1 atom stereocenters. The molecule has 0 saturated carbocycles. The van der Waals surface area contributed by atoms with E-state index in [1.54, 1.807) is 0 Å². The van der Waals surface area contributed by atoms with E-state index in [0.29, 0.717) is 6.42 Å². The zero-order valence-electron chi connectivity index (χ0n) is 8.49. The first-order valence-corrected chi connectivity index (χ1v) is 4.56. The molecular formula is C8H16N2O4. The van der Waals surface area contributed by atoms with E-state index >= 15 is 0 Å². The van der Waals surface area contributed by atoms with E-state index in [2.05, 4.69) is 10.2 Å². The van der Waals surface area contributed by atoms with E-state index in [9.17, 15) is 14.9 Å². The van der Waals surface area contributed by atoms with E-state index in [4.69, 9.17) is 0 Å². The van der Waals surface area contributed by atoms with Crippen LogP contribution in [0.3, 0.4) is 0 Å². The molecule has 0 heterocycles. The Balaban J connectivity index is 3.27. The van der Waals surface area contributed by atoms with Crippen LogP contribution in [0.25, 0.3) is 0 Å². The molecule has 6 heteroatoms. The smallest absolute Gasteiger partial charge is 0.294 e. The van der Waals surface area contributed by atoms with Gasteiger partial charge in [-0.25, -0.2) is 0 Å². The molecule has 0 aromatic heterocycles. The second kappa shape index (κ2) is 7.11. The van der Waals surface area contributed by atoms with Crippen molar-refractivity contribution in [1.82, 2.24) is 5.32 Å². The van der Waals surface area contributed by atoms with Gasteiger partial charge in [-0.15, -0.1) is 10.1 Å². The first-order valence-electron chi connectivity index (χ1n) is 4.56. The Kier molecular flexibility index (Phi) is 6.43. The van der Waals surface area contributed by atoms with Crippen molar-refractivity contribution in [2.45, 2.75) is 39.2 Å². The molecular weight excluding hydrogens is 188 g/mol. The lowest BCUT2D eigenvalue weighted by molar-refractivity contribution is -0.757. The minimum absolute atomic E-state index is 0.0564. The highest BCUT2D eigenvalue weighted by molar-refractivity contribution is 5.73. The molecule has 0 bridgehead atoms. The predicted molar refractivity (Wildman–Crippen MR) is 50.1 cm³/mol. The maximum atomic E-state index is 10.6. The van der Waals surface area contributed by atoms with Crippen molar-refractivity contribution in [2.75, 3.05) is 6.61 Å². The molecule has 0 radical (unpaired) electrons. The number of carbonyl (C=O) groups excluding carboxylic acids is 1. The fourth-order valence-electron chi connectivity index (χ4n) is 1.11. The van der Waals surface area contributed by atoms with Crippen molar-refractivity contribution >= 4 is 5.91 Å². The van der Waals surface area contributed by atoms with Crippen LogP contribution in [0.4, 0.5) is 0 Å². The van der Waals surface area contributed by atoms with Crippen LogP contribution in [0.1, 0.15) is 33.1 Å². The predicted octanol–water partition coefficient (Wildman–Crippen LogP) is 0.890. The summed E-state index contributed by atoms with van der Waals surface area (Å²) in [5.41, 5.74) is 0. The summed E-state index contributed by atoms with van der Waals surface area (Å²) in [6.07, 6.45) is 2.24. The molecule has 14 heavy (non-hydrogen) atoms. The van der Waals surface area contributed by atoms with E-state index < -0.39 is 5.09 Å². The normalized spacial score (nSPS) is 11.9. The summed E-state index contributed by atoms with van der Waals surface area (Å²) in [5, 5.41) is 11.7. The van der Waals surface area contributed by atoms with Gasteiger partial charge in [0.1, 0.15) is 0 Å². The monoisotopic (exact) mass is 204 g/mol. The maximum Gasteiger partial charge on any atom is 0.294 e. The fourth-order valence-corrected chi connectivity index (χ4v) is 1.11. The SMILES string of the molecule is CC(=O)NC(C)CCCCO[N+](=O)[O-]. The van der Waals surface area contributed by atoms with Crippen LogP contribution in [-0.4, -0.2) is 23.6 Å². The maximum absolute atomic E-state index is 10.6. The van der Waals surface area contributed by atoms with Gasteiger partial charge in [-0.3, -0.25) is 4.79 Å². The molecule has 0 saturated heterocycles. The van der Waals surface area contributed by atoms with Gasteiger partial charge in [-0.05, 0) is 26.2 Å². The van der Waals surface area contributed by atoms with Crippen LogP contribution < -0.4 is 5.32 Å². The molecule has 0 aliphatic carbocycles. The topological polar surface area (TPSA) is 81.5 Å². The lowest BCUT2D eigenvalue weighted by Crippen LogP contribution is -2.30. The van der Waals surface area contributed by atoms with Gasteiger partial charge in [0, 0.05) is 13.0 Å². The minimum Gasteiger partial charge on any atom is -0.354 e. The van der Waals surface area contributed by atoms with Crippen molar-refractivity contribution in [3.8, 4) is 0 Å². The highest BCUT2D eigenvalue weighted by atomic mass is 16.9. The first kappa shape index (κ1) is 12.7. The molecule has 82 valence electrons. The number of unbranched alkanes of at least 4 members (excludes halogenated alkanes) is 1. The molecule has 0 aromatic carbocycles. The number of hydrogen-bond acceptors (Lipinski definition) is 4.